The predicted octanol–water partition coefficient (Wildman–Crippen LogP) is 2.71. The lowest BCUT2D eigenvalue weighted by molar-refractivity contribution is -0.138. The van der Waals surface area contributed by atoms with Gasteiger partial charge in [-0.2, -0.15) is 0 Å². The van der Waals surface area contributed by atoms with Crippen LogP contribution in [0.4, 0.5) is 5.82 Å². The van der Waals surface area contributed by atoms with E-state index in [1.165, 1.54) is 11.3 Å². The summed E-state index contributed by atoms with van der Waals surface area (Å²) in [4.78, 5) is 27.2. The number of hydrogen-bond donors (Lipinski definition) is 0. The number of sulfone groups is 1. The highest BCUT2D eigenvalue weighted by Crippen LogP contribution is 2.36. The summed E-state index contributed by atoms with van der Waals surface area (Å²) < 4.78 is 24.2. The fourth-order valence-corrected chi connectivity index (χ4v) is 6.58. The predicted molar refractivity (Wildman–Crippen MR) is 114 cm³/mol. The third-order valence-corrected chi connectivity index (χ3v) is 8.63. The summed E-state index contributed by atoms with van der Waals surface area (Å²) in [6, 6.07) is 3.67. The zero-order valence-corrected chi connectivity index (χ0v) is 18.5. The first kappa shape index (κ1) is 20.6. The molecule has 2 aliphatic heterocycles. The molecule has 1 unspecified atom stereocenters. The second kappa shape index (κ2) is 8.20. The van der Waals surface area contributed by atoms with Crippen LogP contribution in [0.3, 0.4) is 0 Å². The zero-order chi connectivity index (χ0) is 20.6. The van der Waals surface area contributed by atoms with Crippen LogP contribution in [0.5, 0.6) is 0 Å². The maximum Gasteiger partial charge on any atom is 0.226 e. The Balaban J connectivity index is 1.56. The van der Waals surface area contributed by atoms with Crippen molar-refractivity contribution in [2.75, 3.05) is 36.0 Å². The first-order valence-corrected chi connectivity index (χ1v) is 12.6. The van der Waals surface area contributed by atoms with Gasteiger partial charge in [-0.15, -0.1) is 11.3 Å². The number of anilines is 1. The third kappa shape index (κ3) is 4.57. The van der Waals surface area contributed by atoms with Crippen LogP contribution in [0.15, 0.2) is 24.5 Å². The summed E-state index contributed by atoms with van der Waals surface area (Å²) in [6.07, 6.45) is 4.31. The SMILES string of the molecule is Cc1cnc(N2CCN(C(=O)C3CCS(=O)(=O)CC3)C(c3ccc(Cl)s3)C2)cn1. The minimum atomic E-state index is -3.00. The molecule has 2 aromatic rings. The van der Waals surface area contributed by atoms with Gasteiger partial charge in [0, 0.05) is 30.4 Å². The van der Waals surface area contributed by atoms with Gasteiger partial charge in [-0.25, -0.2) is 13.4 Å². The molecule has 0 aliphatic carbocycles. The number of carbonyl (C=O) groups excluding carboxylic acids is 1. The van der Waals surface area contributed by atoms with Gasteiger partial charge in [0.1, 0.15) is 15.7 Å². The van der Waals surface area contributed by atoms with E-state index in [-0.39, 0.29) is 29.4 Å². The Bertz CT molecular complexity index is 979. The quantitative estimate of drug-likeness (QED) is 0.709. The van der Waals surface area contributed by atoms with Crippen LogP contribution in [-0.2, 0) is 14.6 Å². The number of rotatable bonds is 3. The van der Waals surface area contributed by atoms with E-state index in [0.29, 0.717) is 36.8 Å². The Hall–Kier alpha value is -1.71. The monoisotopic (exact) mass is 454 g/mol. The number of hydrogen-bond acceptors (Lipinski definition) is 7. The van der Waals surface area contributed by atoms with Crippen LogP contribution in [0.25, 0.3) is 0 Å². The molecule has 4 heterocycles. The largest absolute Gasteiger partial charge is 0.351 e. The molecule has 4 rings (SSSR count). The average molecular weight is 455 g/mol. The Morgan fingerprint density at radius 2 is 1.93 bits per heavy atom. The van der Waals surface area contributed by atoms with E-state index < -0.39 is 9.84 Å². The maximum absolute atomic E-state index is 13.3. The number of amides is 1. The van der Waals surface area contributed by atoms with Crippen LogP contribution < -0.4 is 4.90 Å². The van der Waals surface area contributed by atoms with Crippen LogP contribution in [0, 0.1) is 12.8 Å². The maximum atomic E-state index is 13.3. The van der Waals surface area contributed by atoms with Crippen LogP contribution >= 0.6 is 22.9 Å². The summed E-state index contributed by atoms with van der Waals surface area (Å²) in [5, 5.41) is 0. The molecule has 2 saturated heterocycles. The molecule has 2 fully saturated rings. The molecule has 2 aromatic heterocycles. The molecule has 2 aliphatic rings. The van der Waals surface area contributed by atoms with E-state index in [1.54, 1.807) is 12.4 Å². The van der Waals surface area contributed by atoms with Crippen molar-refractivity contribution < 1.29 is 13.2 Å². The molecule has 0 aromatic carbocycles. The number of aryl methyl sites for hydroxylation is 1. The van der Waals surface area contributed by atoms with E-state index in [9.17, 15) is 13.2 Å². The van der Waals surface area contributed by atoms with Crippen LogP contribution in [-0.4, -0.2) is 60.3 Å². The Morgan fingerprint density at radius 3 is 2.55 bits per heavy atom. The molecule has 0 saturated carbocycles. The molecule has 1 atom stereocenters. The minimum Gasteiger partial charge on any atom is -0.351 e. The lowest BCUT2D eigenvalue weighted by Gasteiger charge is -2.43. The summed E-state index contributed by atoms with van der Waals surface area (Å²) in [5.41, 5.74) is 0.858. The molecule has 0 radical (unpaired) electrons. The van der Waals surface area contributed by atoms with Crippen molar-refractivity contribution in [2.45, 2.75) is 25.8 Å². The molecule has 0 spiro atoms. The van der Waals surface area contributed by atoms with Gasteiger partial charge in [0.2, 0.25) is 5.91 Å². The summed E-state index contributed by atoms with van der Waals surface area (Å²) in [5.74, 6) is 0.792. The van der Waals surface area contributed by atoms with Gasteiger partial charge in [-0.1, -0.05) is 11.6 Å². The zero-order valence-electron chi connectivity index (χ0n) is 16.1. The topological polar surface area (TPSA) is 83.5 Å². The molecular weight excluding hydrogens is 432 g/mol. The van der Waals surface area contributed by atoms with Crippen molar-refractivity contribution in [2.24, 2.45) is 5.92 Å². The normalized spacial score (nSPS) is 22.6. The number of nitrogens with zero attached hydrogens (tertiary/aromatic N) is 4. The van der Waals surface area contributed by atoms with Crippen LogP contribution in [0.2, 0.25) is 4.34 Å². The Kier molecular flexibility index (Phi) is 5.81. The standard InChI is InChI=1S/C19H23ClN4O3S2/c1-13-10-22-18(11-21-13)23-6-7-24(15(12-23)16-2-3-17(20)28-16)19(25)14-4-8-29(26,27)9-5-14/h2-3,10-11,14-15H,4-9,12H2,1H3. The number of halogens is 1. The van der Waals surface area contributed by atoms with E-state index in [0.717, 1.165) is 16.4 Å². The first-order valence-electron chi connectivity index (χ1n) is 9.62. The molecule has 7 nitrogen and oxygen atoms in total. The Morgan fingerprint density at radius 1 is 1.17 bits per heavy atom. The first-order chi connectivity index (χ1) is 13.8. The number of piperazine rings is 1. The number of aromatic nitrogens is 2. The molecular formula is C19H23ClN4O3S2. The number of thiophene rings is 1. The van der Waals surface area contributed by atoms with E-state index in [2.05, 4.69) is 14.9 Å². The van der Waals surface area contributed by atoms with Gasteiger partial charge in [0.15, 0.2) is 0 Å². The van der Waals surface area contributed by atoms with Crippen molar-refractivity contribution in [3.63, 3.8) is 0 Å². The van der Waals surface area contributed by atoms with E-state index in [1.807, 2.05) is 24.0 Å². The highest BCUT2D eigenvalue weighted by Gasteiger charge is 2.38. The molecule has 0 N–H and O–H groups in total. The Labute approximate surface area is 179 Å². The third-order valence-electron chi connectivity index (χ3n) is 5.58. The van der Waals surface area contributed by atoms with Crippen molar-refractivity contribution >= 4 is 44.5 Å². The average Bonchev–Trinajstić information content (AvgIpc) is 3.14. The highest BCUT2D eigenvalue weighted by molar-refractivity contribution is 7.91. The fourth-order valence-electron chi connectivity index (χ4n) is 3.93. The second-order valence-corrected chi connectivity index (χ2v) is 11.6. The van der Waals surface area contributed by atoms with E-state index >= 15 is 0 Å². The molecule has 0 bridgehead atoms. The van der Waals surface area contributed by atoms with Gasteiger partial charge >= 0.3 is 0 Å². The molecule has 10 heteroatoms. The minimum absolute atomic E-state index is 0.0454. The summed E-state index contributed by atoms with van der Waals surface area (Å²) in [7, 11) is -3.00. The summed E-state index contributed by atoms with van der Waals surface area (Å²) in [6.45, 7) is 3.71. The van der Waals surface area contributed by atoms with Crippen molar-refractivity contribution in [1.29, 1.82) is 0 Å². The molecule has 156 valence electrons. The fraction of sp³-hybridized carbons (Fsp3) is 0.526. The van der Waals surface area contributed by atoms with Gasteiger partial charge in [-0.05, 0) is 31.9 Å². The lowest BCUT2D eigenvalue weighted by Crippen LogP contribution is -2.53. The van der Waals surface area contributed by atoms with Crippen molar-refractivity contribution in [1.82, 2.24) is 14.9 Å². The second-order valence-electron chi connectivity index (χ2n) is 7.58. The van der Waals surface area contributed by atoms with Gasteiger partial charge in [0.05, 0.1) is 40.0 Å². The highest BCUT2D eigenvalue weighted by atomic mass is 35.5. The smallest absolute Gasteiger partial charge is 0.226 e. The molecule has 1 amide bonds. The van der Waals surface area contributed by atoms with Gasteiger partial charge in [0.25, 0.3) is 0 Å². The van der Waals surface area contributed by atoms with Crippen molar-refractivity contribution in [3.05, 3.63) is 39.4 Å². The van der Waals surface area contributed by atoms with Gasteiger partial charge in [-0.3, -0.25) is 9.78 Å². The summed E-state index contributed by atoms with van der Waals surface area (Å²) >= 11 is 7.64. The van der Waals surface area contributed by atoms with Crippen LogP contribution in [0.1, 0.15) is 29.5 Å². The lowest BCUT2D eigenvalue weighted by atomic mass is 9.98. The van der Waals surface area contributed by atoms with E-state index in [4.69, 9.17) is 11.6 Å². The number of carbonyl (C=O) groups is 1. The van der Waals surface area contributed by atoms with Crippen molar-refractivity contribution in [3.8, 4) is 0 Å². The van der Waals surface area contributed by atoms with Gasteiger partial charge < -0.3 is 9.80 Å². The molecule has 29 heavy (non-hydrogen) atoms.